The van der Waals surface area contributed by atoms with Crippen LogP contribution in [0.15, 0.2) is 60.9 Å². The Hall–Kier alpha value is -4.05. The Bertz CT molecular complexity index is 1070. The molecular weight excluding hydrogens is 404 g/mol. The fourth-order valence-electron chi connectivity index (χ4n) is 3.01. The number of aliphatic hydroxyl groups is 1. The van der Waals surface area contributed by atoms with Crippen molar-refractivity contribution in [2.24, 2.45) is 0 Å². The lowest BCUT2D eigenvalue weighted by atomic mass is 10.0. The highest BCUT2D eigenvalue weighted by Crippen LogP contribution is 2.11. The first-order chi connectivity index (χ1) is 14.8. The number of pyridine rings is 1. The number of nitrogens with zero attached hydrogens (tertiary/aromatic N) is 3. The summed E-state index contributed by atoms with van der Waals surface area (Å²) in [5, 5.41) is 35.2. The molecule has 0 saturated heterocycles. The second kappa shape index (κ2) is 9.63. The molecule has 3 aromatic rings. The molecule has 31 heavy (non-hydrogen) atoms. The van der Waals surface area contributed by atoms with Crippen molar-refractivity contribution in [1.82, 2.24) is 20.1 Å². The molecule has 0 aliphatic carbocycles. The van der Waals surface area contributed by atoms with E-state index in [1.165, 1.54) is 0 Å². The number of rotatable bonds is 9. The van der Waals surface area contributed by atoms with Crippen LogP contribution in [0.5, 0.6) is 0 Å². The lowest BCUT2D eigenvalue weighted by Gasteiger charge is -2.21. The predicted octanol–water partition coefficient (Wildman–Crippen LogP) is 0.811. The lowest BCUT2D eigenvalue weighted by molar-refractivity contribution is -0.148. The minimum Gasteiger partial charge on any atom is -0.479 e. The number of aliphatic hydroxyl groups excluding tert-OH is 1. The normalized spacial score (nSPS) is 12.7. The quantitative estimate of drug-likeness (QED) is 0.393. The molecule has 0 spiro atoms. The molecule has 160 valence electrons. The van der Waals surface area contributed by atoms with E-state index >= 15 is 0 Å². The van der Waals surface area contributed by atoms with Crippen molar-refractivity contribution in [3.8, 4) is 0 Å². The standard InChI is InChI=1S/C21H20N4O6/c26-18(21(30)31)15(9-13-5-2-1-3-6-13)23-19(27)16-10-17(20(28)29)25(24-16)12-14-7-4-8-22-11-14/h1-8,10-11,15,18,26H,9,12H2,(H,23,27)(H,28,29)(H,30,31). The van der Waals surface area contributed by atoms with E-state index in [9.17, 15) is 29.7 Å². The molecule has 1 amide bonds. The monoisotopic (exact) mass is 424 g/mol. The Morgan fingerprint density at radius 1 is 1.03 bits per heavy atom. The Balaban J connectivity index is 1.83. The molecule has 10 nitrogen and oxygen atoms in total. The number of aromatic nitrogens is 3. The molecule has 2 unspecified atom stereocenters. The van der Waals surface area contributed by atoms with Gasteiger partial charge < -0.3 is 20.6 Å². The molecule has 0 aliphatic rings. The third-order valence-corrected chi connectivity index (χ3v) is 4.54. The Kier molecular flexibility index (Phi) is 6.73. The Labute approximate surface area is 176 Å². The maximum atomic E-state index is 12.7. The van der Waals surface area contributed by atoms with E-state index < -0.39 is 30.0 Å². The average molecular weight is 424 g/mol. The van der Waals surface area contributed by atoms with E-state index in [2.05, 4.69) is 15.4 Å². The van der Waals surface area contributed by atoms with Crippen LogP contribution < -0.4 is 5.32 Å². The summed E-state index contributed by atoms with van der Waals surface area (Å²) < 4.78 is 1.15. The number of carbonyl (C=O) groups is 3. The number of aromatic carboxylic acids is 1. The highest BCUT2D eigenvalue weighted by atomic mass is 16.4. The first-order valence-corrected chi connectivity index (χ1v) is 9.31. The van der Waals surface area contributed by atoms with E-state index in [0.29, 0.717) is 11.1 Å². The van der Waals surface area contributed by atoms with E-state index in [1.54, 1.807) is 54.9 Å². The molecule has 3 rings (SSSR count). The third kappa shape index (κ3) is 5.52. The van der Waals surface area contributed by atoms with Crippen LogP contribution in [0.3, 0.4) is 0 Å². The van der Waals surface area contributed by atoms with Gasteiger partial charge >= 0.3 is 11.9 Å². The summed E-state index contributed by atoms with van der Waals surface area (Å²) in [6.45, 7) is 0.0773. The summed E-state index contributed by atoms with van der Waals surface area (Å²) >= 11 is 0. The zero-order valence-electron chi connectivity index (χ0n) is 16.3. The number of carboxylic acids is 2. The fourth-order valence-corrected chi connectivity index (χ4v) is 3.01. The zero-order valence-corrected chi connectivity index (χ0v) is 16.3. The van der Waals surface area contributed by atoms with Gasteiger partial charge in [0.1, 0.15) is 5.69 Å². The Morgan fingerprint density at radius 2 is 1.74 bits per heavy atom. The van der Waals surface area contributed by atoms with Gasteiger partial charge in [-0.05, 0) is 23.6 Å². The van der Waals surface area contributed by atoms with Crippen molar-refractivity contribution in [2.45, 2.75) is 25.1 Å². The van der Waals surface area contributed by atoms with E-state index in [0.717, 1.165) is 10.7 Å². The number of benzene rings is 1. The molecule has 1 aromatic carbocycles. The van der Waals surface area contributed by atoms with Crippen LogP contribution in [0, 0.1) is 0 Å². The zero-order chi connectivity index (χ0) is 22.4. The highest BCUT2D eigenvalue weighted by Gasteiger charge is 2.29. The summed E-state index contributed by atoms with van der Waals surface area (Å²) in [4.78, 5) is 39.6. The van der Waals surface area contributed by atoms with Crippen molar-refractivity contribution in [3.05, 3.63) is 83.4 Å². The minimum absolute atomic E-state index is 0.0578. The second-order valence-electron chi connectivity index (χ2n) is 6.79. The van der Waals surface area contributed by atoms with Gasteiger partial charge in [0.2, 0.25) is 0 Å². The van der Waals surface area contributed by atoms with E-state index in [-0.39, 0.29) is 24.4 Å². The molecular formula is C21H20N4O6. The maximum Gasteiger partial charge on any atom is 0.354 e. The number of nitrogens with one attached hydrogen (secondary N) is 1. The van der Waals surface area contributed by atoms with Crippen LogP contribution in [0.1, 0.15) is 32.1 Å². The van der Waals surface area contributed by atoms with Crippen LogP contribution >= 0.6 is 0 Å². The molecule has 2 heterocycles. The van der Waals surface area contributed by atoms with Crippen molar-refractivity contribution >= 4 is 17.8 Å². The molecule has 4 N–H and O–H groups in total. The first-order valence-electron chi connectivity index (χ1n) is 9.31. The number of amides is 1. The molecule has 0 bridgehead atoms. The summed E-state index contributed by atoms with van der Waals surface area (Å²) in [7, 11) is 0. The molecule has 0 saturated carbocycles. The lowest BCUT2D eigenvalue weighted by Crippen LogP contribution is -2.48. The van der Waals surface area contributed by atoms with Crippen LogP contribution in [0.25, 0.3) is 0 Å². The van der Waals surface area contributed by atoms with Gasteiger partial charge in [0.05, 0.1) is 12.6 Å². The molecule has 2 aromatic heterocycles. The predicted molar refractivity (Wildman–Crippen MR) is 108 cm³/mol. The Morgan fingerprint density at radius 3 is 2.35 bits per heavy atom. The minimum atomic E-state index is -1.86. The van der Waals surface area contributed by atoms with Crippen molar-refractivity contribution in [1.29, 1.82) is 0 Å². The van der Waals surface area contributed by atoms with Gasteiger partial charge in [-0.25, -0.2) is 9.59 Å². The molecule has 0 radical (unpaired) electrons. The maximum absolute atomic E-state index is 12.7. The van der Waals surface area contributed by atoms with Crippen molar-refractivity contribution in [2.75, 3.05) is 0 Å². The van der Waals surface area contributed by atoms with Gasteiger partial charge in [-0.1, -0.05) is 36.4 Å². The number of carbonyl (C=O) groups excluding carboxylic acids is 1. The topological polar surface area (TPSA) is 155 Å². The van der Waals surface area contributed by atoms with Crippen molar-refractivity contribution < 1.29 is 29.7 Å². The summed E-state index contributed by atoms with van der Waals surface area (Å²) in [5.74, 6) is -3.56. The third-order valence-electron chi connectivity index (χ3n) is 4.54. The van der Waals surface area contributed by atoms with Crippen LogP contribution in [0.2, 0.25) is 0 Å². The fraction of sp³-hybridized carbons (Fsp3) is 0.190. The van der Waals surface area contributed by atoms with Gasteiger partial charge in [0.15, 0.2) is 11.8 Å². The SMILES string of the molecule is O=C(NC(Cc1ccccc1)C(O)C(=O)O)c1cc(C(=O)O)n(Cc2cccnc2)n1. The van der Waals surface area contributed by atoms with Crippen LogP contribution in [-0.2, 0) is 17.8 Å². The van der Waals surface area contributed by atoms with Crippen LogP contribution in [-0.4, -0.2) is 60.1 Å². The first kappa shape index (κ1) is 21.7. The molecule has 10 heteroatoms. The van der Waals surface area contributed by atoms with Crippen molar-refractivity contribution in [3.63, 3.8) is 0 Å². The van der Waals surface area contributed by atoms with Gasteiger partial charge in [0.25, 0.3) is 5.91 Å². The summed E-state index contributed by atoms with van der Waals surface area (Å²) in [5.41, 5.74) is 0.967. The largest absolute Gasteiger partial charge is 0.479 e. The molecule has 2 atom stereocenters. The van der Waals surface area contributed by atoms with Gasteiger partial charge in [-0.15, -0.1) is 0 Å². The second-order valence-corrected chi connectivity index (χ2v) is 6.79. The average Bonchev–Trinajstić information content (AvgIpc) is 3.18. The summed E-state index contributed by atoms with van der Waals surface area (Å²) in [6, 6.07) is 12.1. The number of hydrogen-bond donors (Lipinski definition) is 4. The molecule has 0 fully saturated rings. The van der Waals surface area contributed by atoms with Gasteiger partial charge in [0, 0.05) is 18.5 Å². The van der Waals surface area contributed by atoms with Crippen LogP contribution in [0.4, 0.5) is 0 Å². The van der Waals surface area contributed by atoms with E-state index in [1.807, 2.05) is 0 Å². The number of hydrogen-bond acceptors (Lipinski definition) is 6. The van der Waals surface area contributed by atoms with Gasteiger partial charge in [-0.2, -0.15) is 5.10 Å². The number of carboxylic acid groups (broad SMARTS) is 2. The molecule has 0 aliphatic heterocycles. The smallest absolute Gasteiger partial charge is 0.354 e. The number of aliphatic carboxylic acids is 1. The van der Waals surface area contributed by atoms with E-state index in [4.69, 9.17) is 0 Å². The van der Waals surface area contributed by atoms with Gasteiger partial charge in [-0.3, -0.25) is 14.5 Å². The summed E-state index contributed by atoms with van der Waals surface area (Å²) in [6.07, 6.45) is 1.32. The highest BCUT2D eigenvalue weighted by molar-refractivity contribution is 5.96.